The van der Waals surface area contributed by atoms with Crippen LogP contribution in [-0.4, -0.2) is 11.5 Å². The molecule has 0 aromatic carbocycles. The molecule has 2 atom stereocenters. The van der Waals surface area contributed by atoms with Gasteiger partial charge in [0, 0.05) is 17.8 Å². The highest BCUT2D eigenvalue weighted by Crippen LogP contribution is 2.39. The van der Waals surface area contributed by atoms with Gasteiger partial charge >= 0.3 is 0 Å². The summed E-state index contributed by atoms with van der Waals surface area (Å²) in [6.07, 6.45) is 8.35. The second-order valence-electron chi connectivity index (χ2n) is 5.49. The van der Waals surface area contributed by atoms with Gasteiger partial charge in [-0.1, -0.05) is 13.0 Å². The summed E-state index contributed by atoms with van der Waals surface area (Å²) >= 11 is 0. The Morgan fingerprint density at radius 1 is 1.40 bits per heavy atom. The number of hydrogen-bond donors (Lipinski definition) is 1. The van der Waals surface area contributed by atoms with Crippen LogP contribution in [0, 0.1) is 0 Å². The third-order valence-corrected chi connectivity index (χ3v) is 4.10. The van der Waals surface area contributed by atoms with E-state index in [0.717, 1.165) is 25.1 Å². The number of nitrogens with zero attached hydrogens (tertiary/aromatic N) is 1. The first-order chi connectivity index (χ1) is 9.90. The van der Waals surface area contributed by atoms with Crippen molar-refractivity contribution < 1.29 is 4.42 Å². The van der Waals surface area contributed by atoms with E-state index in [4.69, 9.17) is 4.42 Å². The molecule has 3 nitrogen and oxygen atoms in total. The van der Waals surface area contributed by atoms with Crippen molar-refractivity contribution in [3.63, 3.8) is 0 Å². The fourth-order valence-corrected chi connectivity index (χ4v) is 3.18. The molecule has 2 aromatic heterocycles. The number of nitrogens with one attached hydrogen (secondary N) is 1. The fraction of sp³-hybridized carbons (Fsp3) is 0.471. The second kappa shape index (κ2) is 6.23. The Bertz CT molecular complexity index is 536. The van der Waals surface area contributed by atoms with Crippen molar-refractivity contribution in [3.8, 4) is 0 Å². The number of fused-ring (bicyclic) bond motifs is 1. The fourth-order valence-electron chi connectivity index (χ4n) is 3.18. The van der Waals surface area contributed by atoms with Gasteiger partial charge in [-0.2, -0.15) is 0 Å². The molecule has 2 heterocycles. The Balaban J connectivity index is 1.92. The van der Waals surface area contributed by atoms with Crippen molar-refractivity contribution in [1.82, 2.24) is 10.3 Å². The van der Waals surface area contributed by atoms with Gasteiger partial charge < -0.3 is 9.73 Å². The standard InChI is InChI=1S/C17H22N2O/c1-2-10-18-17(15-9-5-12-20-15)14-8-3-6-13-7-4-11-19-16(13)14/h4-5,7,9,11-12,14,17-18H,2-3,6,8,10H2,1H3. The predicted molar refractivity (Wildman–Crippen MR) is 79.7 cm³/mol. The average molecular weight is 270 g/mol. The molecule has 0 fully saturated rings. The van der Waals surface area contributed by atoms with E-state index in [1.165, 1.54) is 24.1 Å². The monoisotopic (exact) mass is 270 g/mol. The maximum Gasteiger partial charge on any atom is 0.121 e. The molecular weight excluding hydrogens is 248 g/mol. The van der Waals surface area contributed by atoms with Crippen LogP contribution in [0.2, 0.25) is 0 Å². The van der Waals surface area contributed by atoms with E-state index in [9.17, 15) is 0 Å². The summed E-state index contributed by atoms with van der Waals surface area (Å²) in [5.74, 6) is 1.44. The molecule has 0 saturated heterocycles. The molecule has 0 aliphatic heterocycles. The first-order valence-corrected chi connectivity index (χ1v) is 7.60. The molecular formula is C17H22N2O. The topological polar surface area (TPSA) is 38.1 Å². The van der Waals surface area contributed by atoms with Crippen molar-refractivity contribution in [2.75, 3.05) is 6.54 Å². The lowest BCUT2D eigenvalue weighted by molar-refractivity contribution is 0.337. The van der Waals surface area contributed by atoms with Crippen LogP contribution in [0.15, 0.2) is 41.1 Å². The molecule has 3 heteroatoms. The first-order valence-electron chi connectivity index (χ1n) is 7.60. The summed E-state index contributed by atoms with van der Waals surface area (Å²) in [5, 5.41) is 3.65. The molecule has 0 spiro atoms. The summed E-state index contributed by atoms with van der Waals surface area (Å²) in [7, 11) is 0. The minimum absolute atomic E-state index is 0.235. The van der Waals surface area contributed by atoms with Crippen LogP contribution in [0.3, 0.4) is 0 Å². The number of furan rings is 1. The van der Waals surface area contributed by atoms with Crippen molar-refractivity contribution >= 4 is 0 Å². The summed E-state index contributed by atoms with van der Waals surface area (Å²) in [6, 6.07) is 8.54. The van der Waals surface area contributed by atoms with E-state index in [-0.39, 0.29) is 6.04 Å². The van der Waals surface area contributed by atoms with E-state index in [2.05, 4.69) is 29.4 Å². The van der Waals surface area contributed by atoms with Gasteiger partial charge in [-0.15, -0.1) is 0 Å². The molecule has 0 radical (unpaired) electrons. The van der Waals surface area contributed by atoms with Crippen molar-refractivity contribution in [1.29, 1.82) is 0 Å². The Kier molecular flexibility index (Phi) is 4.16. The predicted octanol–water partition coefficient (Wildman–Crippen LogP) is 3.84. The summed E-state index contributed by atoms with van der Waals surface area (Å²) in [5.41, 5.74) is 2.65. The Morgan fingerprint density at radius 2 is 2.35 bits per heavy atom. The van der Waals surface area contributed by atoms with Gasteiger partial charge in [0.2, 0.25) is 0 Å². The van der Waals surface area contributed by atoms with Gasteiger partial charge in [0.25, 0.3) is 0 Å². The second-order valence-corrected chi connectivity index (χ2v) is 5.49. The first kappa shape index (κ1) is 13.4. The zero-order valence-electron chi connectivity index (χ0n) is 12.0. The molecule has 106 valence electrons. The molecule has 3 rings (SSSR count). The molecule has 2 unspecified atom stereocenters. The number of pyridine rings is 1. The third kappa shape index (κ3) is 2.63. The van der Waals surface area contributed by atoms with E-state index < -0.39 is 0 Å². The van der Waals surface area contributed by atoms with Crippen LogP contribution in [0.4, 0.5) is 0 Å². The largest absolute Gasteiger partial charge is 0.468 e. The van der Waals surface area contributed by atoms with Crippen LogP contribution in [0.25, 0.3) is 0 Å². The minimum Gasteiger partial charge on any atom is -0.468 e. The Hall–Kier alpha value is -1.61. The normalized spacial score (nSPS) is 19.6. The van der Waals surface area contributed by atoms with E-state index in [1.807, 2.05) is 18.3 Å². The zero-order chi connectivity index (χ0) is 13.8. The molecule has 1 N–H and O–H groups in total. The van der Waals surface area contributed by atoms with Crippen molar-refractivity contribution in [3.05, 3.63) is 53.7 Å². The molecule has 1 aliphatic carbocycles. The van der Waals surface area contributed by atoms with Gasteiger partial charge in [0.1, 0.15) is 5.76 Å². The molecule has 0 saturated carbocycles. The average Bonchev–Trinajstić information content (AvgIpc) is 3.02. The summed E-state index contributed by atoms with van der Waals surface area (Å²) in [6.45, 7) is 3.20. The van der Waals surface area contributed by atoms with Gasteiger partial charge in [0.05, 0.1) is 12.3 Å². The highest BCUT2D eigenvalue weighted by Gasteiger charge is 2.31. The lowest BCUT2D eigenvalue weighted by Crippen LogP contribution is -2.30. The summed E-state index contributed by atoms with van der Waals surface area (Å²) in [4.78, 5) is 4.66. The van der Waals surface area contributed by atoms with Gasteiger partial charge in [0.15, 0.2) is 0 Å². The van der Waals surface area contributed by atoms with Gasteiger partial charge in [-0.25, -0.2) is 0 Å². The third-order valence-electron chi connectivity index (χ3n) is 4.10. The van der Waals surface area contributed by atoms with Crippen LogP contribution in [-0.2, 0) is 6.42 Å². The Morgan fingerprint density at radius 3 is 3.15 bits per heavy atom. The van der Waals surface area contributed by atoms with Crippen molar-refractivity contribution in [2.45, 2.75) is 44.6 Å². The van der Waals surface area contributed by atoms with Gasteiger partial charge in [-0.3, -0.25) is 4.98 Å². The molecule has 2 aromatic rings. The van der Waals surface area contributed by atoms with E-state index >= 15 is 0 Å². The Labute approximate surface area is 120 Å². The minimum atomic E-state index is 0.235. The smallest absolute Gasteiger partial charge is 0.121 e. The molecule has 0 bridgehead atoms. The van der Waals surface area contributed by atoms with E-state index in [0.29, 0.717) is 5.92 Å². The molecule has 20 heavy (non-hydrogen) atoms. The molecule has 1 aliphatic rings. The van der Waals surface area contributed by atoms with Crippen LogP contribution >= 0.6 is 0 Å². The van der Waals surface area contributed by atoms with E-state index in [1.54, 1.807) is 6.26 Å². The van der Waals surface area contributed by atoms with Crippen LogP contribution in [0.5, 0.6) is 0 Å². The zero-order valence-corrected chi connectivity index (χ0v) is 12.0. The summed E-state index contributed by atoms with van der Waals surface area (Å²) < 4.78 is 5.67. The lowest BCUT2D eigenvalue weighted by atomic mass is 9.81. The van der Waals surface area contributed by atoms with Crippen LogP contribution < -0.4 is 5.32 Å². The number of aryl methyl sites for hydroxylation is 1. The number of hydrogen-bond acceptors (Lipinski definition) is 3. The number of rotatable bonds is 5. The highest BCUT2D eigenvalue weighted by molar-refractivity contribution is 5.29. The quantitative estimate of drug-likeness (QED) is 0.897. The number of aromatic nitrogens is 1. The maximum absolute atomic E-state index is 5.67. The molecule has 0 amide bonds. The van der Waals surface area contributed by atoms with Gasteiger partial charge in [-0.05, 0) is 56.0 Å². The SMILES string of the molecule is CCCNC(c1ccco1)C1CCCc2cccnc21. The van der Waals surface area contributed by atoms with Crippen LogP contribution in [0.1, 0.15) is 55.2 Å². The highest BCUT2D eigenvalue weighted by atomic mass is 16.3. The maximum atomic E-state index is 5.67. The van der Waals surface area contributed by atoms with Crippen molar-refractivity contribution in [2.24, 2.45) is 0 Å². The lowest BCUT2D eigenvalue weighted by Gasteiger charge is -2.31.